The molecule has 1 aromatic rings. The van der Waals surface area contributed by atoms with E-state index in [1.165, 1.54) is 18.2 Å². The molecule has 0 aliphatic heterocycles. The van der Waals surface area contributed by atoms with Gasteiger partial charge in [-0.2, -0.15) is 0 Å². The maximum atomic E-state index is 13.6. The minimum absolute atomic E-state index is 0.00561. The van der Waals surface area contributed by atoms with Gasteiger partial charge in [-0.1, -0.05) is 13.0 Å². The summed E-state index contributed by atoms with van der Waals surface area (Å²) in [5.74, 6) is -0.985. The van der Waals surface area contributed by atoms with Crippen LogP contribution in [0, 0.1) is 11.6 Å². The average molecular weight is 287 g/mol. The van der Waals surface area contributed by atoms with E-state index >= 15 is 0 Å². The third-order valence-electron chi connectivity index (χ3n) is 3.05. The van der Waals surface area contributed by atoms with Gasteiger partial charge in [0.1, 0.15) is 11.6 Å². The number of hydrogen-bond acceptors (Lipinski definition) is 3. The van der Waals surface area contributed by atoms with Crippen LogP contribution >= 0.6 is 0 Å². The minimum atomic E-state index is -0.492. The van der Waals surface area contributed by atoms with Crippen molar-refractivity contribution in [2.45, 2.75) is 25.8 Å². The van der Waals surface area contributed by atoms with Gasteiger partial charge in [-0.05, 0) is 31.5 Å². The van der Waals surface area contributed by atoms with E-state index in [0.29, 0.717) is 32.7 Å². The summed E-state index contributed by atoms with van der Waals surface area (Å²) >= 11 is 0. The van der Waals surface area contributed by atoms with Gasteiger partial charge in [-0.3, -0.25) is 0 Å². The van der Waals surface area contributed by atoms with Gasteiger partial charge in [0.2, 0.25) is 0 Å². The molecule has 0 saturated heterocycles. The van der Waals surface area contributed by atoms with Crippen LogP contribution in [0.15, 0.2) is 18.2 Å². The van der Waals surface area contributed by atoms with Gasteiger partial charge >= 0.3 is 0 Å². The van der Waals surface area contributed by atoms with Crippen molar-refractivity contribution >= 4 is 0 Å². The molecule has 0 aliphatic carbocycles. The molecule has 1 aromatic carbocycles. The van der Waals surface area contributed by atoms with E-state index in [1.807, 2.05) is 6.92 Å². The fourth-order valence-corrected chi connectivity index (χ4v) is 2.01. The van der Waals surface area contributed by atoms with Crippen molar-refractivity contribution < 1.29 is 18.3 Å². The van der Waals surface area contributed by atoms with Gasteiger partial charge < -0.3 is 14.8 Å². The summed E-state index contributed by atoms with van der Waals surface area (Å²) in [6, 6.07) is 3.95. The highest BCUT2D eigenvalue weighted by Gasteiger charge is 2.15. The van der Waals surface area contributed by atoms with E-state index in [0.717, 1.165) is 6.54 Å². The van der Waals surface area contributed by atoms with Crippen LogP contribution in [-0.2, 0) is 15.9 Å². The third kappa shape index (κ3) is 5.94. The Balaban J connectivity index is 2.49. The lowest BCUT2D eigenvalue weighted by Crippen LogP contribution is -2.33. The third-order valence-corrected chi connectivity index (χ3v) is 3.05. The first-order valence-electron chi connectivity index (χ1n) is 6.92. The summed E-state index contributed by atoms with van der Waals surface area (Å²) in [5, 5.41) is 3.23. The maximum Gasteiger partial charge on any atom is 0.129 e. The molecule has 0 aromatic heterocycles. The van der Waals surface area contributed by atoms with Gasteiger partial charge in [0.15, 0.2) is 0 Å². The maximum absolute atomic E-state index is 13.6. The molecule has 20 heavy (non-hydrogen) atoms. The van der Waals surface area contributed by atoms with E-state index < -0.39 is 11.6 Å². The van der Waals surface area contributed by atoms with Crippen molar-refractivity contribution in [1.29, 1.82) is 0 Å². The van der Waals surface area contributed by atoms with Crippen LogP contribution in [0.1, 0.15) is 18.9 Å². The minimum Gasteiger partial charge on any atom is -0.382 e. The lowest BCUT2D eigenvalue weighted by molar-refractivity contribution is 0.0658. The zero-order valence-electron chi connectivity index (χ0n) is 12.1. The molecular formula is C15H23F2NO2. The van der Waals surface area contributed by atoms with Crippen molar-refractivity contribution in [1.82, 2.24) is 5.32 Å². The lowest BCUT2D eigenvalue weighted by Gasteiger charge is -2.18. The molecule has 0 radical (unpaired) electrons. The number of ether oxygens (including phenoxy) is 2. The van der Waals surface area contributed by atoms with Crippen LogP contribution < -0.4 is 5.32 Å². The normalized spacial score (nSPS) is 12.6. The quantitative estimate of drug-likeness (QED) is 0.671. The summed E-state index contributed by atoms with van der Waals surface area (Å²) in [6.07, 6.45) is 1.02. The Hall–Kier alpha value is -1.04. The van der Waals surface area contributed by atoms with Gasteiger partial charge in [0.25, 0.3) is 0 Å². The summed E-state index contributed by atoms with van der Waals surface area (Å²) < 4.78 is 37.5. The first-order valence-corrected chi connectivity index (χ1v) is 6.92. The molecule has 0 aliphatic rings. The van der Waals surface area contributed by atoms with Crippen LogP contribution in [-0.4, -0.2) is 39.5 Å². The Morgan fingerprint density at radius 3 is 2.45 bits per heavy atom. The molecule has 0 bridgehead atoms. The Labute approximate surface area is 119 Å². The van der Waals surface area contributed by atoms with Gasteiger partial charge in [0, 0.05) is 25.3 Å². The number of rotatable bonds is 10. The van der Waals surface area contributed by atoms with E-state index in [4.69, 9.17) is 9.47 Å². The molecule has 0 fully saturated rings. The Kier molecular flexibility index (Phi) is 8.34. The summed E-state index contributed by atoms with van der Waals surface area (Å²) in [7, 11) is 1.62. The van der Waals surface area contributed by atoms with E-state index in [2.05, 4.69) is 5.32 Å². The summed E-state index contributed by atoms with van der Waals surface area (Å²) in [5.41, 5.74) is 0.135. The molecule has 1 unspecified atom stereocenters. The molecule has 0 heterocycles. The fourth-order valence-electron chi connectivity index (χ4n) is 2.01. The highest BCUT2D eigenvalue weighted by atomic mass is 19.1. The standard InChI is InChI=1S/C15H23F2NO2/c1-3-18-12(7-8-20-10-9-19-2)11-13-14(16)5-4-6-15(13)17/h4-6,12,18H,3,7-11H2,1-2H3. The second-order valence-electron chi connectivity index (χ2n) is 4.55. The van der Waals surface area contributed by atoms with Crippen molar-refractivity contribution in [3.8, 4) is 0 Å². The Morgan fingerprint density at radius 1 is 1.15 bits per heavy atom. The molecule has 1 N–H and O–H groups in total. The molecule has 1 rings (SSSR count). The van der Waals surface area contributed by atoms with Crippen molar-refractivity contribution in [2.24, 2.45) is 0 Å². The molecular weight excluding hydrogens is 264 g/mol. The van der Waals surface area contributed by atoms with Gasteiger partial charge in [-0.15, -0.1) is 0 Å². The predicted octanol–water partition coefficient (Wildman–Crippen LogP) is 2.54. The van der Waals surface area contributed by atoms with E-state index in [1.54, 1.807) is 7.11 Å². The molecule has 114 valence electrons. The van der Waals surface area contributed by atoms with Crippen molar-refractivity contribution in [3.63, 3.8) is 0 Å². The van der Waals surface area contributed by atoms with Gasteiger partial charge in [-0.25, -0.2) is 8.78 Å². The number of benzene rings is 1. The first-order chi connectivity index (χ1) is 9.69. The average Bonchev–Trinajstić information content (AvgIpc) is 2.42. The summed E-state index contributed by atoms with van der Waals surface area (Å²) in [4.78, 5) is 0. The Morgan fingerprint density at radius 2 is 1.85 bits per heavy atom. The van der Waals surface area contributed by atoms with Crippen molar-refractivity contribution in [2.75, 3.05) is 33.5 Å². The molecule has 0 saturated carbocycles. The lowest BCUT2D eigenvalue weighted by atomic mass is 10.0. The van der Waals surface area contributed by atoms with E-state index in [9.17, 15) is 8.78 Å². The number of hydrogen-bond donors (Lipinski definition) is 1. The van der Waals surface area contributed by atoms with Crippen LogP contribution in [0.4, 0.5) is 8.78 Å². The monoisotopic (exact) mass is 287 g/mol. The summed E-state index contributed by atoms with van der Waals surface area (Å²) in [6.45, 7) is 4.34. The molecule has 1 atom stereocenters. The fraction of sp³-hybridized carbons (Fsp3) is 0.600. The highest BCUT2D eigenvalue weighted by molar-refractivity contribution is 5.20. The Bertz CT molecular complexity index is 368. The largest absolute Gasteiger partial charge is 0.382 e. The predicted molar refractivity (Wildman–Crippen MR) is 74.8 cm³/mol. The van der Waals surface area contributed by atoms with Crippen molar-refractivity contribution in [3.05, 3.63) is 35.4 Å². The zero-order valence-corrected chi connectivity index (χ0v) is 12.1. The van der Waals surface area contributed by atoms with E-state index in [-0.39, 0.29) is 11.6 Å². The number of likely N-dealkylation sites (N-methyl/N-ethyl adjacent to an activating group) is 1. The van der Waals surface area contributed by atoms with Gasteiger partial charge in [0.05, 0.1) is 13.2 Å². The molecule has 0 spiro atoms. The molecule has 3 nitrogen and oxygen atoms in total. The van der Waals surface area contributed by atoms with Crippen LogP contribution in [0.5, 0.6) is 0 Å². The number of nitrogens with one attached hydrogen (secondary N) is 1. The highest BCUT2D eigenvalue weighted by Crippen LogP contribution is 2.15. The number of halogens is 2. The number of methoxy groups -OCH3 is 1. The molecule has 0 amide bonds. The first kappa shape index (κ1) is 17.0. The van der Waals surface area contributed by atoms with Crippen LogP contribution in [0.3, 0.4) is 0 Å². The van der Waals surface area contributed by atoms with Crippen LogP contribution in [0.25, 0.3) is 0 Å². The topological polar surface area (TPSA) is 30.5 Å². The zero-order chi connectivity index (χ0) is 14.8. The molecule has 5 heteroatoms. The SMILES string of the molecule is CCNC(CCOCCOC)Cc1c(F)cccc1F. The second kappa shape index (κ2) is 9.80. The van der Waals surface area contributed by atoms with Crippen LogP contribution in [0.2, 0.25) is 0 Å². The smallest absolute Gasteiger partial charge is 0.129 e. The second-order valence-corrected chi connectivity index (χ2v) is 4.55.